The van der Waals surface area contributed by atoms with Gasteiger partial charge in [0, 0.05) is 31.4 Å². The maximum atomic E-state index is 5.17. The average molecular weight is 192 g/mol. The lowest BCUT2D eigenvalue weighted by Crippen LogP contribution is -2.25. The molecule has 0 spiro atoms. The number of hydrogen-bond donors (Lipinski definition) is 0. The lowest BCUT2D eigenvalue weighted by atomic mass is 10.2. The van der Waals surface area contributed by atoms with Crippen molar-refractivity contribution < 1.29 is 4.74 Å². The number of aromatic nitrogens is 1. The quantitative estimate of drug-likeness (QED) is 0.650. The van der Waals surface area contributed by atoms with Crippen LogP contribution in [-0.4, -0.2) is 42.7 Å². The fraction of sp³-hybridized carbons (Fsp3) is 0.545. The molecule has 1 aliphatic rings. The van der Waals surface area contributed by atoms with Gasteiger partial charge in [-0.05, 0) is 19.2 Å². The lowest BCUT2D eigenvalue weighted by molar-refractivity contribution is 0.286. The fourth-order valence-corrected chi connectivity index (χ4v) is 1.46. The van der Waals surface area contributed by atoms with Gasteiger partial charge in [0.25, 0.3) is 0 Å². The van der Waals surface area contributed by atoms with Crippen LogP contribution in [0.1, 0.15) is 5.69 Å². The normalized spacial score (nSPS) is 20.0. The van der Waals surface area contributed by atoms with Gasteiger partial charge in [-0.3, -0.25) is 4.98 Å². The first-order valence-corrected chi connectivity index (χ1v) is 5.04. The van der Waals surface area contributed by atoms with E-state index >= 15 is 0 Å². The maximum absolute atomic E-state index is 5.17. The Morgan fingerprint density at radius 3 is 3.07 bits per heavy atom. The molecule has 0 bridgehead atoms. The van der Waals surface area contributed by atoms with Gasteiger partial charge in [-0.25, -0.2) is 0 Å². The molecule has 0 aromatic carbocycles. The zero-order valence-corrected chi connectivity index (χ0v) is 8.52. The Bertz CT molecular complexity index is 272. The molecule has 1 saturated heterocycles. The summed E-state index contributed by atoms with van der Waals surface area (Å²) in [5.41, 5.74) is 1.16. The van der Waals surface area contributed by atoms with Crippen molar-refractivity contribution in [2.24, 2.45) is 0 Å². The molecule has 1 aromatic rings. The van der Waals surface area contributed by atoms with Crippen molar-refractivity contribution in [3.05, 3.63) is 30.1 Å². The molecule has 0 saturated carbocycles. The van der Waals surface area contributed by atoms with Gasteiger partial charge in [0.15, 0.2) is 0 Å². The van der Waals surface area contributed by atoms with Crippen LogP contribution in [0.15, 0.2) is 24.4 Å². The van der Waals surface area contributed by atoms with E-state index in [0.29, 0.717) is 6.10 Å². The van der Waals surface area contributed by atoms with Crippen LogP contribution in [0.3, 0.4) is 0 Å². The molecular weight excluding hydrogens is 176 g/mol. The van der Waals surface area contributed by atoms with Crippen LogP contribution in [0.2, 0.25) is 0 Å². The Kier molecular flexibility index (Phi) is 3.11. The number of pyridine rings is 1. The largest absolute Gasteiger partial charge is 0.372 e. The van der Waals surface area contributed by atoms with E-state index in [1.165, 1.54) is 0 Å². The van der Waals surface area contributed by atoms with Crippen LogP contribution in [0.25, 0.3) is 0 Å². The Morgan fingerprint density at radius 2 is 2.43 bits per heavy atom. The van der Waals surface area contributed by atoms with Gasteiger partial charge >= 0.3 is 0 Å². The number of likely N-dealkylation sites (N-methyl/N-ethyl adjacent to an activating group) is 1. The molecular formula is C11H16N2O. The highest BCUT2D eigenvalue weighted by Crippen LogP contribution is 2.09. The lowest BCUT2D eigenvalue weighted by Gasteiger charge is -2.14. The van der Waals surface area contributed by atoms with E-state index in [-0.39, 0.29) is 0 Å². The molecule has 1 unspecified atom stereocenters. The van der Waals surface area contributed by atoms with E-state index in [1.807, 2.05) is 18.3 Å². The van der Waals surface area contributed by atoms with E-state index in [4.69, 9.17) is 4.74 Å². The molecule has 2 heterocycles. The van der Waals surface area contributed by atoms with E-state index in [1.54, 1.807) is 0 Å². The van der Waals surface area contributed by atoms with Crippen molar-refractivity contribution in [3.63, 3.8) is 0 Å². The first kappa shape index (κ1) is 9.62. The first-order valence-electron chi connectivity index (χ1n) is 5.04. The van der Waals surface area contributed by atoms with Crippen molar-refractivity contribution >= 4 is 0 Å². The minimum absolute atomic E-state index is 0.490. The standard InChI is InChI=1S/C11H16N2O/c1-13(8-11-9-14-11)7-5-10-4-2-3-6-12-10/h2-4,6,11H,5,7-9H2,1H3. The predicted octanol–water partition coefficient (Wildman–Crippen LogP) is 0.955. The minimum Gasteiger partial charge on any atom is -0.372 e. The van der Waals surface area contributed by atoms with Crippen LogP contribution in [-0.2, 0) is 11.2 Å². The van der Waals surface area contributed by atoms with Gasteiger partial charge in [0.2, 0.25) is 0 Å². The third-order valence-electron chi connectivity index (χ3n) is 2.39. The molecule has 0 amide bonds. The first-order chi connectivity index (χ1) is 6.84. The highest BCUT2D eigenvalue weighted by molar-refractivity contribution is 5.03. The summed E-state index contributed by atoms with van der Waals surface area (Å²) in [5.74, 6) is 0. The van der Waals surface area contributed by atoms with Crippen LogP contribution in [0, 0.1) is 0 Å². The molecule has 3 heteroatoms. The number of rotatable bonds is 5. The highest BCUT2D eigenvalue weighted by atomic mass is 16.6. The van der Waals surface area contributed by atoms with Crippen molar-refractivity contribution in [3.8, 4) is 0 Å². The van der Waals surface area contributed by atoms with Crippen molar-refractivity contribution in [1.29, 1.82) is 0 Å². The predicted molar refractivity (Wildman–Crippen MR) is 55.2 cm³/mol. The molecule has 2 rings (SSSR count). The zero-order chi connectivity index (χ0) is 9.80. The summed E-state index contributed by atoms with van der Waals surface area (Å²) in [7, 11) is 2.13. The van der Waals surface area contributed by atoms with E-state index in [0.717, 1.165) is 31.8 Å². The van der Waals surface area contributed by atoms with Crippen LogP contribution in [0.4, 0.5) is 0 Å². The molecule has 1 atom stereocenters. The zero-order valence-electron chi connectivity index (χ0n) is 8.52. The third-order valence-corrected chi connectivity index (χ3v) is 2.39. The summed E-state index contributed by atoms with van der Waals surface area (Å²) < 4.78 is 5.17. The summed E-state index contributed by atoms with van der Waals surface area (Å²) in [4.78, 5) is 6.59. The molecule has 1 aromatic heterocycles. The summed E-state index contributed by atoms with van der Waals surface area (Å²) in [6, 6.07) is 6.05. The van der Waals surface area contributed by atoms with Crippen molar-refractivity contribution in [2.75, 3.05) is 26.7 Å². The van der Waals surface area contributed by atoms with Gasteiger partial charge in [-0.1, -0.05) is 6.07 Å². The molecule has 76 valence electrons. The highest BCUT2D eigenvalue weighted by Gasteiger charge is 2.23. The molecule has 14 heavy (non-hydrogen) atoms. The smallest absolute Gasteiger partial charge is 0.0936 e. The fourth-order valence-electron chi connectivity index (χ4n) is 1.46. The van der Waals surface area contributed by atoms with Crippen LogP contribution < -0.4 is 0 Å². The Balaban J connectivity index is 1.70. The molecule has 1 aliphatic heterocycles. The Hall–Kier alpha value is -0.930. The summed E-state index contributed by atoms with van der Waals surface area (Å²) in [6.07, 6.45) is 3.35. The van der Waals surface area contributed by atoms with Gasteiger partial charge in [0.1, 0.15) is 0 Å². The van der Waals surface area contributed by atoms with Crippen molar-refractivity contribution in [1.82, 2.24) is 9.88 Å². The number of hydrogen-bond acceptors (Lipinski definition) is 3. The topological polar surface area (TPSA) is 28.7 Å². The summed E-state index contributed by atoms with van der Waals surface area (Å²) in [5, 5.41) is 0. The second-order valence-corrected chi connectivity index (χ2v) is 3.79. The van der Waals surface area contributed by atoms with E-state index < -0.39 is 0 Å². The van der Waals surface area contributed by atoms with Gasteiger partial charge in [-0.15, -0.1) is 0 Å². The molecule has 3 nitrogen and oxygen atoms in total. The monoisotopic (exact) mass is 192 g/mol. The third kappa shape index (κ3) is 3.09. The molecule has 1 fully saturated rings. The second kappa shape index (κ2) is 4.53. The number of nitrogens with zero attached hydrogens (tertiary/aromatic N) is 2. The Morgan fingerprint density at radius 1 is 1.57 bits per heavy atom. The van der Waals surface area contributed by atoms with E-state index in [2.05, 4.69) is 23.0 Å². The number of epoxide rings is 1. The number of ether oxygens (including phenoxy) is 1. The summed E-state index contributed by atoms with van der Waals surface area (Å²) in [6.45, 7) is 3.04. The minimum atomic E-state index is 0.490. The van der Waals surface area contributed by atoms with Gasteiger partial charge in [-0.2, -0.15) is 0 Å². The second-order valence-electron chi connectivity index (χ2n) is 3.79. The van der Waals surface area contributed by atoms with Crippen LogP contribution in [0.5, 0.6) is 0 Å². The summed E-state index contributed by atoms with van der Waals surface area (Å²) >= 11 is 0. The van der Waals surface area contributed by atoms with Crippen LogP contribution >= 0.6 is 0 Å². The molecule has 0 N–H and O–H groups in total. The van der Waals surface area contributed by atoms with Gasteiger partial charge in [0.05, 0.1) is 12.7 Å². The SMILES string of the molecule is CN(CCc1ccccn1)CC1CO1. The maximum Gasteiger partial charge on any atom is 0.0936 e. The van der Waals surface area contributed by atoms with E-state index in [9.17, 15) is 0 Å². The van der Waals surface area contributed by atoms with Gasteiger partial charge < -0.3 is 9.64 Å². The molecule has 0 radical (unpaired) electrons. The van der Waals surface area contributed by atoms with Crippen molar-refractivity contribution in [2.45, 2.75) is 12.5 Å². The Labute approximate surface area is 84.7 Å². The average Bonchev–Trinajstić information content (AvgIpc) is 3.00. The molecule has 0 aliphatic carbocycles.